The molecule has 1 aliphatic rings. The van der Waals surface area contributed by atoms with E-state index in [4.69, 9.17) is 5.11 Å². The van der Waals surface area contributed by atoms with Gasteiger partial charge in [-0.1, -0.05) is 43.5 Å². The highest BCUT2D eigenvalue weighted by Gasteiger charge is 2.33. The molecule has 1 aliphatic carbocycles. The van der Waals surface area contributed by atoms with Gasteiger partial charge in [0.25, 0.3) is 5.91 Å². The van der Waals surface area contributed by atoms with Gasteiger partial charge < -0.3 is 20.8 Å². The number of rotatable bonds is 11. The zero-order valence-corrected chi connectivity index (χ0v) is 23.7. The van der Waals surface area contributed by atoms with Gasteiger partial charge in [-0.15, -0.1) is 0 Å². The fourth-order valence-corrected chi connectivity index (χ4v) is 5.11. The predicted molar refractivity (Wildman–Crippen MR) is 156 cm³/mol. The quantitative estimate of drug-likeness (QED) is 0.188. The number of amides is 3. The van der Waals surface area contributed by atoms with Crippen molar-refractivity contribution in [3.63, 3.8) is 0 Å². The van der Waals surface area contributed by atoms with E-state index in [1.54, 1.807) is 24.3 Å². The lowest BCUT2D eigenvalue weighted by atomic mass is 9.84. The molecule has 3 amide bonds. The Kier molecular flexibility index (Phi) is 10.6. The number of aliphatic carboxylic acids is 1. The second-order valence-corrected chi connectivity index (χ2v) is 10.8. The van der Waals surface area contributed by atoms with Crippen LogP contribution in [0.1, 0.15) is 65.1 Å². The number of alkyl halides is 3. The second kappa shape index (κ2) is 14.3. The lowest BCUT2D eigenvalue weighted by molar-refractivity contribution is -0.146. The molecule has 0 spiro atoms. The van der Waals surface area contributed by atoms with Crippen LogP contribution in [0.5, 0.6) is 0 Å². The monoisotopic (exact) mass is 615 g/mol. The highest BCUT2D eigenvalue weighted by Crippen LogP contribution is 2.34. The topological polar surface area (TPSA) is 119 Å². The molecule has 1 saturated carbocycles. The molecule has 0 unspecified atom stereocenters. The summed E-state index contributed by atoms with van der Waals surface area (Å²) in [6, 6.07) is 14.9. The predicted octanol–water partition coefficient (Wildman–Crippen LogP) is 6.35. The summed E-state index contributed by atoms with van der Waals surface area (Å²) < 4.78 is 55.0. The van der Waals surface area contributed by atoms with Crippen LogP contribution in [0.15, 0.2) is 66.7 Å². The average Bonchev–Trinajstić information content (AvgIpc) is 3.02. The Bertz CT molecular complexity index is 1460. The summed E-state index contributed by atoms with van der Waals surface area (Å²) in [6.07, 6.45) is 3.88. The Labute approximate surface area is 251 Å². The molecule has 0 aliphatic heterocycles. The molecule has 0 bridgehead atoms. The molecule has 0 aromatic heterocycles. The molecular weight excluding hydrogens is 582 g/mol. The summed E-state index contributed by atoms with van der Waals surface area (Å²) in [4.78, 5) is 38.0. The summed E-state index contributed by atoms with van der Waals surface area (Å²) in [7, 11) is 0. The van der Waals surface area contributed by atoms with E-state index in [-0.39, 0.29) is 17.8 Å². The number of aliphatic hydroxyl groups excluding tert-OH is 1. The Morgan fingerprint density at radius 3 is 2.23 bits per heavy atom. The standard InChI is InChI=1S/C32H33F4N3O5/c33-19-32(35,36)24-14-25(34)16-26(15-24)38-31(44)39(27-12-10-22(11-13-27)21-4-2-1-3-5-21)18-20-6-8-23(9-7-20)29(41)37-17-28(40)30(42)43/h6-16,21,28,40H,1-5,17-19H2,(H,37,41)(H,38,44)(H,42,43)/t28-/m1/s1. The molecule has 234 valence electrons. The van der Waals surface area contributed by atoms with E-state index in [1.807, 2.05) is 12.1 Å². The van der Waals surface area contributed by atoms with E-state index in [1.165, 1.54) is 23.5 Å². The third kappa shape index (κ3) is 8.34. The first-order valence-corrected chi connectivity index (χ1v) is 14.2. The Morgan fingerprint density at radius 1 is 0.955 bits per heavy atom. The Balaban J connectivity index is 1.57. The highest BCUT2D eigenvalue weighted by molar-refractivity contribution is 6.01. The molecule has 12 heteroatoms. The first kappa shape index (κ1) is 32.5. The van der Waals surface area contributed by atoms with Gasteiger partial charge >= 0.3 is 17.9 Å². The Morgan fingerprint density at radius 2 is 1.61 bits per heavy atom. The zero-order chi connectivity index (χ0) is 31.9. The molecule has 0 radical (unpaired) electrons. The van der Waals surface area contributed by atoms with Gasteiger partial charge in [-0.2, -0.15) is 8.78 Å². The van der Waals surface area contributed by atoms with Crippen molar-refractivity contribution >= 4 is 29.3 Å². The van der Waals surface area contributed by atoms with Crippen molar-refractivity contribution in [2.75, 3.05) is 23.4 Å². The molecule has 8 nitrogen and oxygen atoms in total. The van der Waals surface area contributed by atoms with Crippen LogP contribution in [-0.4, -0.2) is 47.4 Å². The Hall–Kier alpha value is -4.45. The van der Waals surface area contributed by atoms with E-state index in [0.29, 0.717) is 23.2 Å². The number of carbonyl (C=O) groups is 3. The van der Waals surface area contributed by atoms with Crippen LogP contribution in [0.2, 0.25) is 0 Å². The fourth-order valence-electron chi connectivity index (χ4n) is 5.11. The molecule has 3 aromatic rings. The van der Waals surface area contributed by atoms with Gasteiger partial charge in [0.1, 0.15) is 5.82 Å². The number of carbonyl (C=O) groups excluding carboxylic acids is 2. The average molecular weight is 616 g/mol. The largest absolute Gasteiger partial charge is 0.479 e. The minimum absolute atomic E-state index is 0.0307. The third-order valence-electron chi connectivity index (χ3n) is 7.56. The van der Waals surface area contributed by atoms with Crippen LogP contribution in [0.3, 0.4) is 0 Å². The smallest absolute Gasteiger partial charge is 0.334 e. The molecule has 0 heterocycles. The van der Waals surface area contributed by atoms with E-state index in [0.717, 1.165) is 43.4 Å². The number of hydrogen-bond donors (Lipinski definition) is 4. The lowest BCUT2D eigenvalue weighted by Gasteiger charge is -2.26. The number of hydrogen-bond acceptors (Lipinski definition) is 4. The van der Waals surface area contributed by atoms with Crippen molar-refractivity contribution in [2.24, 2.45) is 0 Å². The van der Waals surface area contributed by atoms with Crippen LogP contribution in [0.4, 0.5) is 33.7 Å². The van der Waals surface area contributed by atoms with Gasteiger partial charge in [0.15, 0.2) is 12.8 Å². The fraction of sp³-hybridized carbons (Fsp3) is 0.344. The summed E-state index contributed by atoms with van der Waals surface area (Å²) >= 11 is 0. The molecular formula is C32H33F4N3O5. The van der Waals surface area contributed by atoms with Crippen LogP contribution in [0.25, 0.3) is 0 Å². The number of aliphatic hydroxyl groups is 1. The number of nitrogens with one attached hydrogen (secondary N) is 2. The summed E-state index contributed by atoms with van der Waals surface area (Å²) in [5.74, 6) is -6.68. The van der Waals surface area contributed by atoms with Crippen molar-refractivity contribution in [1.82, 2.24) is 5.32 Å². The minimum atomic E-state index is -3.93. The summed E-state index contributed by atoms with van der Waals surface area (Å²) in [5, 5.41) is 22.9. The number of benzene rings is 3. The molecule has 3 aromatic carbocycles. The zero-order valence-electron chi connectivity index (χ0n) is 23.7. The van der Waals surface area contributed by atoms with E-state index in [2.05, 4.69) is 10.6 Å². The van der Waals surface area contributed by atoms with Crippen LogP contribution < -0.4 is 15.5 Å². The van der Waals surface area contributed by atoms with Crippen molar-refractivity contribution < 1.29 is 42.2 Å². The van der Waals surface area contributed by atoms with Gasteiger partial charge in [0.2, 0.25) is 0 Å². The first-order valence-electron chi connectivity index (χ1n) is 14.2. The molecule has 1 atom stereocenters. The van der Waals surface area contributed by atoms with Gasteiger partial charge in [0.05, 0.1) is 13.1 Å². The minimum Gasteiger partial charge on any atom is -0.479 e. The molecule has 1 fully saturated rings. The number of halogens is 4. The number of carboxylic acid groups (broad SMARTS) is 1. The van der Waals surface area contributed by atoms with E-state index < -0.39 is 54.5 Å². The SMILES string of the molecule is O=C(NC[C@@H](O)C(=O)O)c1ccc(CN(C(=O)Nc2cc(F)cc(C(F)(F)CF)c2)c2ccc(C3CCCCC3)cc2)cc1. The van der Waals surface area contributed by atoms with Gasteiger partial charge in [-0.25, -0.2) is 18.4 Å². The van der Waals surface area contributed by atoms with Crippen LogP contribution in [0, 0.1) is 5.82 Å². The second-order valence-electron chi connectivity index (χ2n) is 10.8. The van der Waals surface area contributed by atoms with Crippen molar-refractivity contribution in [3.05, 3.63) is 94.8 Å². The summed E-state index contributed by atoms with van der Waals surface area (Å²) in [6.45, 7) is -2.55. The molecule has 4 N–H and O–H groups in total. The van der Waals surface area contributed by atoms with Crippen molar-refractivity contribution in [3.8, 4) is 0 Å². The summed E-state index contributed by atoms with van der Waals surface area (Å²) in [5.41, 5.74) is 1.17. The first-order chi connectivity index (χ1) is 21.0. The molecule has 4 rings (SSSR count). The van der Waals surface area contributed by atoms with Crippen LogP contribution >= 0.6 is 0 Å². The van der Waals surface area contributed by atoms with Gasteiger partial charge in [-0.05, 0) is 72.4 Å². The van der Waals surface area contributed by atoms with E-state index >= 15 is 0 Å². The van der Waals surface area contributed by atoms with Crippen molar-refractivity contribution in [2.45, 2.75) is 56.6 Å². The maximum atomic E-state index is 14.2. The van der Waals surface area contributed by atoms with E-state index in [9.17, 15) is 37.1 Å². The number of carboxylic acids is 1. The number of nitrogens with zero attached hydrogens (tertiary/aromatic N) is 1. The van der Waals surface area contributed by atoms with Crippen molar-refractivity contribution in [1.29, 1.82) is 0 Å². The van der Waals surface area contributed by atoms with Crippen LogP contribution in [-0.2, 0) is 17.3 Å². The number of anilines is 2. The highest BCUT2D eigenvalue weighted by atomic mass is 19.3. The molecule has 0 saturated heterocycles. The van der Waals surface area contributed by atoms with Gasteiger partial charge in [0, 0.05) is 22.5 Å². The number of urea groups is 1. The normalized spacial score (nSPS) is 14.5. The maximum absolute atomic E-state index is 14.2. The lowest BCUT2D eigenvalue weighted by Crippen LogP contribution is -2.36. The van der Waals surface area contributed by atoms with Gasteiger partial charge in [-0.3, -0.25) is 9.69 Å². The molecule has 44 heavy (non-hydrogen) atoms. The maximum Gasteiger partial charge on any atom is 0.334 e. The third-order valence-corrected chi connectivity index (χ3v) is 7.56.